The van der Waals surface area contributed by atoms with Gasteiger partial charge in [-0.15, -0.1) is 0 Å². The summed E-state index contributed by atoms with van der Waals surface area (Å²) in [5, 5.41) is 8.82. The molecule has 0 fully saturated rings. The average Bonchev–Trinajstić information content (AvgIpc) is 2.73. The lowest BCUT2D eigenvalue weighted by Gasteiger charge is -2.11. The molecule has 162 valence electrons. The number of rotatable bonds is 12. The van der Waals surface area contributed by atoms with Crippen LogP contribution in [0.1, 0.15) is 50.4 Å². The molecule has 30 heavy (non-hydrogen) atoms. The van der Waals surface area contributed by atoms with Crippen molar-refractivity contribution in [1.82, 2.24) is 5.32 Å². The van der Waals surface area contributed by atoms with E-state index in [4.69, 9.17) is 4.74 Å². The van der Waals surface area contributed by atoms with Gasteiger partial charge in [-0.1, -0.05) is 33.3 Å². The Morgan fingerprint density at radius 2 is 1.80 bits per heavy atom. The number of carbonyl (C=O) groups excluding carboxylic acids is 2. The van der Waals surface area contributed by atoms with Gasteiger partial charge >= 0.3 is 0 Å². The lowest BCUT2D eigenvalue weighted by atomic mass is 10.1. The van der Waals surface area contributed by atoms with Crippen molar-refractivity contribution in [3.05, 3.63) is 54.1 Å². The largest absolute Gasteiger partial charge is 0.494 e. The zero-order valence-corrected chi connectivity index (χ0v) is 18.2. The van der Waals surface area contributed by atoms with Crippen molar-refractivity contribution in [1.29, 1.82) is 0 Å². The van der Waals surface area contributed by atoms with Crippen LogP contribution in [0.15, 0.2) is 48.5 Å². The van der Waals surface area contributed by atoms with Gasteiger partial charge < -0.3 is 20.7 Å². The van der Waals surface area contributed by atoms with Crippen molar-refractivity contribution in [2.24, 2.45) is 5.92 Å². The average molecular weight is 412 g/mol. The molecule has 2 amide bonds. The van der Waals surface area contributed by atoms with Crippen molar-refractivity contribution in [3.63, 3.8) is 0 Å². The Hall–Kier alpha value is -3.02. The number of hydrogen-bond donors (Lipinski definition) is 3. The molecule has 6 nitrogen and oxygen atoms in total. The standard InChI is InChI=1S/C24H33N3O3/c1-4-5-14-25-24(29)19-9-11-20(12-10-19)26-17-23(28)27-21-7-6-8-22(16-21)30-15-13-18(2)3/h6-12,16,18,26H,4-5,13-15,17H2,1-3H3,(H,25,29)(H,27,28). The highest BCUT2D eigenvalue weighted by molar-refractivity contribution is 5.95. The molecule has 2 aromatic carbocycles. The first kappa shape index (κ1) is 23.3. The van der Waals surface area contributed by atoms with Crippen molar-refractivity contribution < 1.29 is 14.3 Å². The number of nitrogens with one attached hydrogen (secondary N) is 3. The van der Waals surface area contributed by atoms with E-state index in [-0.39, 0.29) is 18.4 Å². The summed E-state index contributed by atoms with van der Waals surface area (Å²) in [6.07, 6.45) is 2.99. The van der Waals surface area contributed by atoms with Gasteiger partial charge in [-0.05, 0) is 55.2 Å². The van der Waals surface area contributed by atoms with Crippen LogP contribution in [0.4, 0.5) is 11.4 Å². The van der Waals surface area contributed by atoms with Gasteiger partial charge in [-0.2, -0.15) is 0 Å². The Labute approximate surface area is 179 Å². The molecule has 0 atom stereocenters. The van der Waals surface area contributed by atoms with Gasteiger partial charge in [-0.25, -0.2) is 0 Å². The second-order valence-electron chi connectivity index (χ2n) is 7.65. The van der Waals surface area contributed by atoms with Crippen LogP contribution in [0.3, 0.4) is 0 Å². The van der Waals surface area contributed by atoms with Crippen LogP contribution in [0, 0.1) is 5.92 Å². The molecule has 0 saturated carbocycles. The molecular formula is C24H33N3O3. The Kier molecular flexibility index (Phi) is 9.71. The summed E-state index contributed by atoms with van der Waals surface area (Å²) in [6.45, 7) is 7.86. The van der Waals surface area contributed by atoms with Crippen LogP contribution < -0.4 is 20.7 Å². The molecule has 0 spiro atoms. The van der Waals surface area contributed by atoms with Gasteiger partial charge in [0.1, 0.15) is 5.75 Å². The fraction of sp³-hybridized carbons (Fsp3) is 0.417. The summed E-state index contributed by atoms with van der Waals surface area (Å²) in [4.78, 5) is 24.3. The first-order valence-corrected chi connectivity index (χ1v) is 10.6. The third kappa shape index (κ3) is 8.55. The topological polar surface area (TPSA) is 79.5 Å². The normalized spacial score (nSPS) is 10.5. The van der Waals surface area contributed by atoms with E-state index in [1.807, 2.05) is 24.3 Å². The van der Waals surface area contributed by atoms with Crippen molar-refractivity contribution in [2.75, 3.05) is 30.3 Å². The molecule has 6 heteroatoms. The minimum absolute atomic E-state index is 0.0803. The Morgan fingerprint density at radius 1 is 1.03 bits per heavy atom. The second-order valence-corrected chi connectivity index (χ2v) is 7.65. The number of benzene rings is 2. The van der Waals surface area contributed by atoms with Crippen LogP contribution in [0.5, 0.6) is 5.75 Å². The first-order valence-electron chi connectivity index (χ1n) is 10.6. The van der Waals surface area contributed by atoms with Crippen LogP contribution in [0.2, 0.25) is 0 Å². The Morgan fingerprint density at radius 3 is 2.50 bits per heavy atom. The molecule has 3 N–H and O–H groups in total. The molecule has 0 saturated heterocycles. The fourth-order valence-electron chi connectivity index (χ4n) is 2.68. The molecule has 0 aliphatic rings. The maximum absolute atomic E-state index is 12.2. The molecule has 0 heterocycles. The van der Waals surface area contributed by atoms with Gasteiger partial charge in [0.15, 0.2) is 0 Å². The van der Waals surface area contributed by atoms with E-state index in [1.54, 1.807) is 24.3 Å². The molecule has 0 aliphatic heterocycles. The van der Waals surface area contributed by atoms with Gasteiger partial charge in [-0.3, -0.25) is 9.59 Å². The quantitative estimate of drug-likeness (QED) is 0.443. The van der Waals surface area contributed by atoms with Crippen LogP contribution in [-0.2, 0) is 4.79 Å². The first-order chi connectivity index (χ1) is 14.5. The molecule has 2 aromatic rings. The molecule has 0 radical (unpaired) electrons. The highest BCUT2D eigenvalue weighted by atomic mass is 16.5. The van der Waals surface area contributed by atoms with Crippen molar-refractivity contribution >= 4 is 23.2 Å². The summed E-state index contributed by atoms with van der Waals surface area (Å²) in [5.41, 5.74) is 2.08. The van der Waals surface area contributed by atoms with Gasteiger partial charge in [0, 0.05) is 29.5 Å². The minimum atomic E-state index is -0.157. The number of ether oxygens (including phenoxy) is 1. The highest BCUT2D eigenvalue weighted by Crippen LogP contribution is 2.18. The maximum Gasteiger partial charge on any atom is 0.251 e. The monoisotopic (exact) mass is 411 g/mol. The van der Waals surface area contributed by atoms with Gasteiger partial charge in [0.05, 0.1) is 13.2 Å². The lowest BCUT2D eigenvalue weighted by Crippen LogP contribution is -2.24. The van der Waals surface area contributed by atoms with E-state index in [0.29, 0.717) is 30.3 Å². The molecule has 0 unspecified atom stereocenters. The summed E-state index contributed by atoms with van der Waals surface area (Å²) >= 11 is 0. The third-order valence-electron chi connectivity index (χ3n) is 4.50. The predicted octanol–water partition coefficient (Wildman–Crippen LogP) is 4.69. The number of carbonyl (C=O) groups is 2. The fourth-order valence-corrected chi connectivity index (χ4v) is 2.68. The van der Waals surface area contributed by atoms with Crippen molar-refractivity contribution in [3.8, 4) is 5.75 Å². The van der Waals surface area contributed by atoms with E-state index in [0.717, 1.165) is 30.7 Å². The Bertz CT molecular complexity index is 804. The number of hydrogen-bond acceptors (Lipinski definition) is 4. The van der Waals surface area contributed by atoms with E-state index in [9.17, 15) is 9.59 Å². The number of anilines is 2. The molecule has 2 rings (SSSR count). The van der Waals surface area contributed by atoms with Crippen LogP contribution >= 0.6 is 0 Å². The summed E-state index contributed by atoms with van der Waals surface area (Å²) in [5.74, 6) is 1.09. The van der Waals surface area contributed by atoms with E-state index < -0.39 is 0 Å². The molecule has 0 aromatic heterocycles. The van der Waals surface area contributed by atoms with E-state index in [1.165, 1.54) is 0 Å². The van der Waals surface area contributed by atoms with Crippen molar-refractivity contribution in [2.45, 2.75) is 40.0 Å². The molecule has 0 aliphatic carbocycles. The Balaban J connectivity index is 1.78. The van der Waals surface area contributed by atoms with Crippen LogP contribution in [-0.4, -0.2) is 31.5 Å². The maximum atomic E-state index is 12.2. The number of unbranched alkanes of at least 4 members (excludes halogenated alkanes) is 1. The highest BCUT2D eigenvalue weighted by Gasteiger charge is 2.06. The minimum Gasteiger partial charge on any atom is -0.494 e. The van der Waals surface area contributed by atoms with Crippen LogP contribution in [0.25, 0.3) is 0 Å². The zero-order valence-electron chi connectivity index (χ0n) is 18.2. The molecular weight excluding hydrogens is 378 g/mol. The second kappa shape index (κ2) is 12.5. The smallest absolute Gasteiger partial charge is 0.251 e. The SMILES string of the molecule is CCCCNC(=O)c1ccc(NCC(=O)Nc2cccc(OCCC(C)C)c2)cc1. The molecule has 0 bridgehead atoms. The summed E-state index contributed by atoms with van der Waals surface area (Å²) in [7, 11) is 0. The number of amides is 2. The zero-order chi connectivity index (χ0) is 21.8. The van der Waals surface area contributed by atoms with E-state index in [2.05, 4.69) is 36.7 Å². The van der Waals surface area contributed by atoms with Gasteiger partial charge in [0.25, 0.3) is 5.91 Å². The summed E-state index contributed by atoms with van der Waals surface area (Å²) in [6, 6.07) is 14.5. The lowest BCUT2D eigenvalue weighted by molar-refractivity contribution is -0.114. The van der Waals surface area contributed by atoms with E-state index >= 15 is 0 Å². The van der Waals surface area contributed by atoms with Gasteiger partial charge in [0.2, 0.25) is 5.91 Å². The predicted molar refractivity (Wildman–Crippen MR) is 122 cm³/mol. The summed E-state index contributed by atoms with van der Waals surface area (Å²) < 4.78 is 5.73. The third-order valence-corrected chi connectivity index (χ3v) is 4.50.